The third-order valence-corrected chi connectivity index (χ3v) is 5.07. The molecule has 0 spiro atoms. The van der Waals surface area contributed by atoms with E-state index < -0.39 is 0 Å². The summed E-state index contributed by atoms with van der Waals surface area (Å²) >= 11 is 1.58. The van der Waals surface area contributed by atoms with Crippen molar-refractivity contribution in [3.63, 3.8) is 0 Å². The van der Waals surface area contributed by atoms with E-state index in [1.165, 1.54) is 0 Å². The van der Waals surface area contributed by atoms with Crippen LogP contribution in [0, 0.1) is 0 Å². The number of pyridine rings is 1. The molecule has 0 N–H and O–H groups in total. The largest absolute Gasteiger partial charge is 0.497 e. The smallest absolute Gasteiger partial charge is 0.122 e. The van der Waals surface area contributed by atoms with E-state index in [2.05, 4.69) is 16.0 Å². The van der Waals surface area contributed by atoms with Crippen molar-refractivity contribution in [2.75, 3.05) is 14.2 Å². The molecule has 0 saturated carbocycles. The van der Waals surface area contributed by atoms with Crippen LogP contribution in [0.25, 0.3) is 22.3 Å². The van der Waals surface area contributed by atoms with Gasteiger partial charge in [-0.1, -0.05) is 12.1 Å². The van der Waals surface area contributed by atoms with Crippen molar-refractivity contribution in [1.29, 1.82) is 0 Å². The highest BCUT2D eigenvalue weighted by Gasteiger charge is 2.12. The van der Waals surface area contributed by atoms with Crippen LogP contribution in [0.2, 0.25) is 0 Å². The predicted octanol–water partition coefficient (Wildman–Crippen LogP) is 4.67. The van der Waals surface area contributed by atoms with Crippen molar-refractivity contribution < 1.29 is 9.47 Å². The quantitative estimate of drug-likeness (QED) is 0.516. The standard InChI is InChI=1S/C20H17N3O2S/c1-24-14-7-8-16(18-11-15(25-2)9-10-21-18)20(12-14)26-23-13-22-17-5-3-4-6-19(17)23/h3-13H,1-2H3. The number of nitrogens with zero attached hydrogens (tertiary/aromatic N) is 3. The number of hydrogen-bond donors (Lipinski definition) is 0. The van der Waals surface area contributed by atoms with Crippen LogP contribution in [0.5, 0.6) is 11.5 Å². The third kappa shape index (κ3) is 3.11. The molecule has 6 heteroatoms. The lowest BCUT2D eigenvalue weighted by molar-refractivity contribution is 0.413. The van der Waals surface area contributed by atoms with Gasteiger partial charge in [0.2, 0.25) is 0 Å². The normalized spacial score (nSPS) is 10.8. The predicted molar refractivity (Wildman–Crippen MR) is 104 cm³/mol. The number of ether oxygens (including phenoxy) is 2. The molecule has 0 aliphatic rings. The number of rotatable bonds is 5. The highest BCUT2D eigenvalue weighted by molar-refractivity contribution is 7.98. The molecule has 0 saturated heterocycles. The topological polar surface area (TPSA) is 49.2 Å². The van der Waals surface area contributed by atoms with Crippen LogP contribution in [-0.2, 0) is 0 Å². The van der Waals surface area contributed by atoms with Gasteiger partial charge in [-0.15, -0.1) is 0 Å². The summed E-state index contributed by atoms with van der Waals surface area (Å²) in [7, 11) is 3.32. The van der Waals surface area contributed by atoms with E-state index in [4.69, 9.17) is 9.47 Å². The minimum Gasteiger partial charge on any atom is -0.497 e. The summed E-state index contributed by atoms with van der Waals surface area (Å²) in [6.45, 7) is 0. The van der Waals surface area contributed by atoms with E-state index in [1.807, 2.05) is 58.8 Å². The van der Waals surface area contributed by atoms with Gasteiger partial charge in [0.25, 0.3) is 0 Å². The minimum absolute atomic E-state index is 0.773. The maximum Gasteiger partial charge on any atom is 0.122 e. The summed E-state index contributed by atoms with van der Waals surface area (Å²) in [5, 5.41) is 0. The van der Waals surface area contributed by atoms with E-state index in [-0.39, 0.29) is 0 Å². The summed E-state index contributed by atoms with van der Waals surface area (Å²) < 4.78 is 12.8. The molecule has 4 rings (SSSR count). The lowest BCUT2D eigenvalue weighted by Gasteiger charge is -2.12. The van der Waals surface area contributed by atoms with Crippen LogP contribution in [0.4, 0.5) is 0 Å². The van der Waals surface area contributed by atoms with Crippen LogP contribution >= 0.6 is 11.9 Å². The monoisotopic (exact) mass is 363 g/mol. The molecule has 0 unspecified atom stereocenters. The fourth-order valence-corrected chi connectivity index (χ4v) is 3.72. The molecule has 0 aliphatic carbocycles. The Kier molecular flexibility index (Phi) is 4.50. The SMILES string of the molecule is COc1ccnc(-c2ccc(OC)cc2Sn2cnc3ccccc32)c1. The lowest BCUT2D eigenvalue weighted by Crippen LogP contribution is -1.93. The number of benzene rings is 2. The van der Waals surface area contributed by atoms with Crippen LogP contribution < -0.4 is 9.47 Å². The Morgan fingerprint density at radius 2 is 1.69 bits per heavy atom. The average molecular weight is 363 g/mol. The molecule has 2 heterocycles. The van der Waals surface area contributed by atoms with Gasteiger partial charge >= 0.3 is 0 Å². The van der Waals surface area contributed by atoms with Gasteiger partial charge in [0.15, 0.2) is 0 Å². The lowest BCUT2D eigenvalue weighted by atomic mass is 10.1. The van der Waals surface area contributed by atoms with Crippen molar-refractivity contribution in [1.82, 2.24) is 13.9 Å². The van der Waals surface area contributed by atoms with Crippen molar-refractivity contribution in [2.24, 2.45) is 0 Å². The molecular formula is C20H17N3O2S. The maximum atomic E-state index is 5.41. The van der Waals surface area contributed by atoms with E-state index >= 15 is 0 Å². The second kappa shape index (κ2) is 7.09. The Morgan fingerprint density at radius 1 is 0.885 bits per heavy atom. The molecule has 2 aromatic heterocycles. The van der Waals surface area contributed by atoms with Crippen molar-refractivity contribution >= 4 is 23.0 Å². The zero-order valence-electron chi connectivity index (χ0n) is 14.4. The van der Waals surface area contributed by atoms with Gasteiger partial charge in [-0.25, -0.2) is 4.98 Å². The highest BCUT2D eigenvalue weighted by Crippen LogP contribution is 2.36. The summed E-state index contributed by atoms with van der Waals surface area (Å²) in [5.41, 5.74) is 3.88. The molecule has 26 heavy (non-hydrogen) atoms. The fourth-order valence-electron chi connectivity index (χ4n) is 2.72. The summed E-state index contributed by atoms with van der Waals surface area (Å²) in [5.74, 6) is 1.57. The molecule has 0 atom stereocenters. The zero-order valence-corrected chi connectivity index (χ0v) is 15.2. The molecule has 0 amide bonds. The Labute approximate surface area is 155 Å². The maximum absolute atomic E-state index is 5.41. The van der Waals surface area contributed by atoms with Crippen LogP contribution in [-0.4, -0.2) is 28.2 Å². The number of para-hydroxylation sites is 2. The fraction of sp³-hybridized carbons (Fsp3) is 0.100. The first-order valence-electron chi connectivity index (χ1n) is 8.07. The zero-order chi connectivity index (χ0) is 17.9. The molecule has 0 aliphatic heterocycles. The Bertz CT molecular complexity index is 1060. The van der Waals surface area contributed by atoms with Crippen molar-refractivity contribution in [2.45, 2.75) is 4.90 Å². The van der Waals surface area contributed by atoms with Crippen LogP contribution in [0.15, 0.2) is 72.0 Å². The highest BCUT2D eigenvalue weighted by atomic mass is 32.2. The second-order valence-electron chi connectivity index (χ2n) is 5.59. The molecular weight excluding hydrogens is 346 g/mol. The van der Waals surface area contributed by atoms with Gasteiger partial charge in [-0.2, -0.15) is 0 Å². The first-order valence-corrected chi connectivity index (χ1v) is 8.84. The summed E-state index contributed by atoms with van der Waals surface area (Å²) in [4.78, 5) is 9.99. The van der Waals surface area contributed by atoms with E-state index in [1.54, 1.807) is 32.4 Å². The number of methoxy groups -OCH3 is 2. The van der Waals surface area contributed by atoms with Gasteiger partial charge in [-0.3, -0.25) is 8.96 Å². The van der Waals surface area contributed by atoms with Crippen LogP contribution in [0.1, 0.15) is 0 Å². The average Bonchev–Trinajstić information content (AvgIpc) is 3.11. The third-order valence-electron chi connectivity index (χ3n) is 4.05. The van der Waals surface area contributed by atoms with Gasteiger partial charge < -0.3 is 9.47 Å². The van der Waals surface area contributed by atoms with Gasteiger partial charge in [-0.05, 0) is 48.3 Å². The molecule has 130 valence electrons. The Hall–Kier alpha value is -2.99. The second-order valence-corrected chi connectivity index (χ2v) is 6.61. The first kappa shape index (κ1) is 16.5. The van der Waals surface area contributed by atoms with Gasteiger partial charge in [0.1, 0.15) is 17.8 Å². The molecule has 5 nitrogen and oxygen atoms in total. The molecule has 0 bridgehead atoms. The molecule has 0 fully saturated rings. The Balaban J connectivity index is 1.81. The molecule has 0 radical (unpaired) electrons. The summed E-state index contributed by atoms with van der Waals surface area (Å²) in [6, 6.07) is 17.8. The molecule has 2 aromatic carbocycles. The van der Waals surface area contributed by atoms with E-state index in [0.717, 1.165) is 38.7 Å². The minimum atomic E-state index is 0.773. The Morgan fingerprint density at radius 3 is 2.54 bits per heavy atom. The van der Waals surface area contributed by atoms with Gasteiger partial charge in [0, 0.05) is 22.7 Å². The van der Waals surface area contributed by atoms with Crippen molar-refractivity contribution in [3.05, 3.63) is 67.1 Å². The number of imidazole rings is 1. The first-order chi connectivity index (χ1) is 12.8. The van der Waals surface area contributed by atoms with Crippen molar-refractivity contribution in [3.8, 4) is 22.8 Å². The number of hydrogen-bond acceptors (Lipinski definition) is 5. The number of aromatic nitrogens is 3. The molecule has 4 aromatic rings. The van der Waals surface area contributed by atoms with E-state index in [0.29, 0.717) is 0 Å². The van der Waals surface area contributed by atoms with E-state index in [9.17, 15) is 0 Å². The van der Waals surface area contributed by atoms with Gasteiger partial charge in [0.05, 0.1) is 30.9 Å². The van der Waals surface area contributed by atoms with Crippen LogP contribution in [0.3, 0.4) is 0 Å². The summed E-state index contributed by atoms with van der Waals surface area (Å²) in [6.07, 6.45) is 3.58. The number of fused-ring (bicyclic) bond motifs is 1.